The Labute approximate surface area is 231 Å². The molecule has 11 heteroatoms. The van der Waals surface area contributed by atoms with Crippen molar-refractivity contribution in [2.75, 3.05) is 57.4 Å². The largest absolute Gasteiger partial charge is 0.465 e. The summed E-state index contributed by atoms with van der Waals surface area (Å²) in [5.74, 6) is -1.02. The predicted octanol–water partition coefficient (Wildman–Crippen LogP) is 3.08. The normalized spacial score (nSPS) is 13.9. The molecule has 3 aromatic rings. The van der Waals surface area contributed by atoms with Gasteiger partial charge < -0.3 is 29.6 Å². The van der Waals surface area contributed by atoms with Crippen LogP contribution in [-0.2, 0) is 25.6 Å². The summed E-state index contributed by atoms with van der Waals surface area (Å²) in [6.45, 7) is 6.47. The van der Waals surface area contributed by atoms with Crippen molar-refractivity contribution >= 4 is 34.6 Å². The summed E-state index contributed by atoms with van der Waals surface area (Å²) in [6.07, 6.45) is 0.747. The first-order valence-corrected chi connectivity index (χ1v) is 14.0. The average molecular weight is 556 g/mol. The van der Waals surface area contributed by atoms with Gasteiger partial charge in [0.05, 0.1) is 37.7 Å². The summed E-state index contributed by atoms with van der Waals surface area (Å²) in [6, 6.07) is 14.6. The number of benzene rings is 2. The quantitative estimate of drug-likeness (QED) is 0.263. The first-order chi connectivity index (χ1) is 19.0. The summed E-state index contributed by atoms with van der Waals surface area (Å²) in [5.41, 5.74) is 3.97. The number of nitrogens with zero attached hydrogens (tertiary/aromatic N) is 3. The van der Waals surface area contributed by atoms with Crippen molar-refractivity contribution in [2.45, 2.75) is 19.9 Å². The van der Waals surface area contributed by atoms with Crippen LogP contribution in [0.15, 0.2) is 58.9 Å². The second kappa shape index (κ2) is 14.6. The number of rotatable bonds is 12. The Kier molecular flexibility index (Phi) is 10.6. The molecule has 1 aliphatic rings. The Balaban J connectivity index is 1.43. The Bertz CT molecular complexity index is 1280. The number of thiazole rings is 1. The second-order valence-corrected chi connectivity index (χ2v) is 9.74. The summed E-state index contributed by atoms with van der Waals surface area (Å²) in [4.78, 5) is 31.2. The number of morpholine rings is 1. The maximum Gasteiger partial charge on any atom is 0.325 e. The maximum absolute atomic E-state index is 13.4. The lowest BCUT2D eigenvalue weighted by molar-refractivity contribution is -0.143. The van der Waals surface area contributed by atoms with E-state index in [1.165, 1.54) is 29.2 Å². The molecule has 0 spiro atoms. The molecule has 0 radical (unpaired) electrons. The molecule has 2 heterocycles. The molecule has 1 saturated heterocycles. The van der Waals surface area contributed by atoms with Gasteiger partial charge in [0.15, 0.2) is 4.80 Å². The van der Waals surface area contributed by atoms with E-state index in [1.807, 2.05) is 0 Å². The fourth-order valence-corrected chi connectivity index (χ4v) is 5.12. The van der Waals surface area contributed by atoms with Crippen LogP contribution in [0.25, 0.3) is 11.3 Å². The van der Waals surface area contributed by atoms with Gasteiger partial charge in [-0.1, -0.05) is 12.1 Å². The number of anilines is 1. The number of carbonyl (C=O) groups excluding carboxylic acids is 2. The van der Waals surface area contributed by atoms with E-state index < -0.39 is 5.97 Å². The minimum Gasteiger partial charge on any atom is -0.465 e. The molecule has 0 saturated carbocycles. The minimum atomic E-state index is -0.456. The van der Waals surface area contributed by atoms with Gasteiger partial charge in [-0.2, -0.15) is 0 Å². The highest BCUT2D eigenvalue weighted by Crippen LogP contribution is 2.25. The third-order valence-corrected chi connectivity index (χ3v) is 7.01. The molecule has 1 aromatic heterocycles. The number of esters is 1. The number of halogens is 1. The van der Waals surface area contributed by atoms with E-state index in [4.69, 9.17) is 14.5 Å². The molecule has 0 atom stereocenters. The van der Waals surface area contributed by atoms with Crippen molar-refractivity contribution < 1.29 is 23.5 Å². The van der Waals surface area contributed by atoms with E-state index in [0.717, 1.165) is 48.8 Å². The van der Waals surface area contributed by atoms with Gasteiger partial charge in [-0.05, 0) is 61.9 Å². The Hall–Kier alpha value is -3.54. The van der Waals surface area contributed by atoms with Crippen LogP contribution in [0.1, 0.15) is 13.3 Å². The standard InChI is InChI=1S/C28H34FN5O4S/c1-2-38-27(36)19-31-26(35)18-30-12-3-13-34-25(20-39-28(34)32-23-8-6-22(29)7-9-23)21-4-10-24(11-5-21)33-14-16-37-17-15-33/h4-11,20,30H,2-3,12-19H2,1H3,(H,31,35)/b32-28-. The number of aromatic nitrogens is 1. The molecule has 39 heavy (non-hydrogen) atoms. The van der Waals surface area contributed by atoms with Crippen LogP contribution in [0.3, 0.4) is 0 Å². The third kappa shape index (κ3) is 8.47. The molecule has 9 nitrogen and oxygen atoms in total. The van der Waals surface area contributed by atoms with Gasteiger partial charge in [-0.15, -0.1) is 11.3 Å². The zero-order valence-corrected chi connectivity index (χ0v) is 22.8. The zero-order valence-electron chi connectivity index (χ0n) is 22.0. The van der Waals surface area contributed by atoms with Crippen molar-refractivity contribution in [3.8, 4) is 11.3 Å². The van der Waals surface area contributed by atoms with Crippen molar-refractivity contribution in [3.63, 3.8) is 0 Å². The Morgan fingerprint density at radius 1 is 1.08 bits per heavy atom. The fraction of sp³-hybridized carbons (Fsp3) is 0.393. The lowest BCUT2D eigenvalue weighted by Gasteiger charge is -2.28. The van der Waals surface area contributed by atoms with Gasteiger partial charge in [0, 0.05) is 30.7 Å². The van der Waals surface area contributed by atoms with E-state index >= 15 is 0 Å². The van der Waals surface area contributed by atoms with Crippen LogP contribution < -0.4 is 20.3 Å². The molecule has 0 unspecified atom stereocenters. The fourth-order valence-electron chi connectivity index (χ4n) is 4.17. The second-order valence-electron chi connectivity index (χ2n) is 8.90. The van der Waals surface area contributed by atoms with Crippen LogP contribution >= 0.6 is 11.3 Å². The predicted molar refractivity (Wildman–Crippen MR) is 150 cm³/mol. The van der Waals surface area contributed by atoms with Crippen molar-refractivity contribution in [2.24, 2.45) is 4.99 Å². The number of amides is 1. The van der Waals surface area contributed by atoms with Crippen LogP contribution in [-0.4, -0.2) is 69.0 Å². The van der Waals surface area contributed by atoms with Crippen LogP contribution in [0.2, 0.25) is 0 Å². The molecular formula is C28H34FN5O4S. The minimum absolute atomic E-state index is 0.108. The topological polar surface area (TPSA) is 97.2 Å². The average Bonchev–Trinajstić information content (AvgIpc) is 3.35. The highest BCUT2D eigenvalue weighted by Gasteiger charge is 2.13. The molecular weight excluding hydrogens is 521 g/mol. The van der Waals surface area contributed by atoms with Gasteiger partial charge in [0.25, 0.3) is 0 Å². The van der Waals surface area contributed by atoms with Gasteiger partial charge in [-0.3, -0.25) is 9.59 Å². The first-order valence-electron chi connectivity index (χ1n) is 13.1. The van der Waals surface area contributed by atoms with Crippen LogP contribution in [0.5, 0.6) is 0 Å². The van der Waals surface area contributed by atoms with Gasteiger partial charge in [0.1, 0.15) is 12.4 Å². The lowest BCUT2D eigenvalue weighted by Crippen LogP contribution is -2.37. The number of hydrogen-bond acceptors (Lipinski definition) is 8. The maximum atomic E-state index is 13.4. The summed E-state index contributed by atoms with van der Waals surface area (Å²) < 4.78 is 25.8. The highest BCUT2D eigenvalue weighted by atomic mass is 32.1. The molecule has 2 aromatic carbocycles. The molecule has 1 amide bonds. The van der Waals surface area contributed by atoms with Gasteiger partial charge in [-0.25, -0.2) is 9.38 Å². The van der Waals surface area contributed by atoms with Crippen molar-refractivity contribution in [1.82, 2.24) is 15.2 Å². The Morgan fingerprint density at radius 3 is 2.54 bits per heavy atom. The number of carbonyl (C=O) groups is 2. The summed E-state index contributed by atoms with van der Waals surface area (Å²) in [5, 5.41) is 7.74. The molecule has 2 N–H and O–H groups in total. The number of hydrogen-bond donors (Lipinski definition) is 2. The lowest BCUT2D eigenvalue weighted by atomic mass is 10.1. The van der Waals surface area contributed by atoms with Crippen LogP contribution in [0.4, 0.5) is 15.8 Å². The molecule has 1 fully saturated rings. The monoisotopic (exact) mass is 555 g/mol. The van der Waals surface area contributed by atoms with Crippen molar-refractivity contribution in [1.29, 1.82) is 0 Å². The van der Waals surface area contributed by atoms with E-state index in [-0.39, 0.29) is 31.4 Å². The number of ether oxygens (including phenoxy) is 2. The molecule has 1 aliphatic heterocycles. The molecule has 0 bridgehead atoms. The van der Waals surface area contributed by atoms with E-state index in [2.05, 4.69) is 49.7 Å². The zero-order chi connectivity index (χ0) is 27.5. The Morgan fingerprint density at radius 2 is 1.82 bits per heavy atom. The smallest absolute Gasteiger partial charge is 0.325 e. The highest BCUT2D eigenvalue weighted by molar-refractivity contribution is 7.07. The number of nitrogens with one attached hydrogen (secondary N) is 2. The van der Waals surface area contributed by atoms with E-state index in [1.54, 1.807) is 19.1 Å². The third-order valence-electron chi connectivity index (χ3n) is 6.14. The van der Waals surface area contributed by atoms with Gasteiger partial charge >= 0.3 is 5.97 Å². The van der Waals surface area contributed by atoms with Gasteiger partial charge in [0.2, 0.25) is 5.91 Å². The SMILES string of the molecule is CCOC(=O)CNC(=O)CNCCCn1c(-c2ccc(N3CCOCC3)cc2)cs/c1=N\c1ccc(F)cc1. The summed E-state index contributed by atoms with van der Waals surface area (Å²) >= 11 is 1.53. The first kappa shape index (κ1) is 28.5. The van der Waals surface area contributed by atoms with Crippen molar-refractivity contribution in [3.05, 3.63) is 64.5 Å². The molecule has 208 valence electrons. The molecule has 4 rings (SSSR count). The van der Waals surface area contributed by atoms with Crippen LogP contribution in [0, 0.1) is 5.82 Å². The van der Waals surface area contributed by atoms with E-state index in [0.29, 0.717) is 18.8 Å². The van der Waals surface area contributed by atoms with E-state index in [9.17, 15) is 14.0 Å². The molecule has 0 aliphatic carbocycles. The summed E-state index contributed by atoms with van der Waals surface area (Å²) in [7, 11) is 0.